The average molecular weight is 348 g/mol. The summed E-state index contributed by atoms with van der Waals surface area (Å²) in [7, 11) is 0. The Hall–Kier alpha value is -3.08. The first-order valence-corrected chi connectivity index (χ1v) is 8.81. The molecule has 26 heavy (non-hydrogen) atoms. The molecule has 0 bridgehead atoms. The third kappa shape index (κ3) is 3.33. The van der Waals surface area contributed by atoms with Gasteiger partial charge in [0.2, 0.25) is 0 Å². The Morgan fingerprint density at radius 2 is 2.04 bits per heavy atom. The van der Waals surface area contributed by atoms with Crippen LogP contribution in [0.5, 0.6) is 5.75 Å². The van der Waals surface area contributed by atoms with Gasteiger partial charge >= 0.3 is 0 Å². The van der Waals surface area contributed by atoms with E-state index in [1.165, 1.54) is 10.9 Å². The summed E-state index contributed by atoms with van der Waals surface area (Å²) >= 11 is 0. The summed E-state index contributed by atoms with van der Waals surface area (Å²) in [5.41, 5.74) is 4.06. The van der Waals surface area contributed by atoms with Crippen molar-refractivity contribution < 1.29 is 14.3 Å². The number of nitrogens with one attached hydrogen (secondary N) is 2. The highest BCUT2D eigenvalue weighted by molar-refractivity contribution is 6.00. The summed E-state index contributed by atoms with van der Waals surface area (Å²) in [5.74, 6) is 0.538. The lowest BCUT2D eigenvalue weighted by molar-refractivity contribution is -0.123. The van der Waals surface area contributed by atoms with E-state index in [0.29, 0.717) is 18.7 Å². The number of aromatic amines is 1. The van der Waals surface area contributed by atoms with Gasteiger partial charge in [0.25, 0.3) is 5.91 Å². The third-order valence-electron chi connectivity index (χ3n) is 4.76. The quantitative estimate of drug-likeness (QED) is 0.719. The van der Waals surface area contributed by atoms with Crippen molar-refractivity contribution in [1.82, 2.24) is 10.3 Å². The van der Waals surface area contributed by atoms with Crippen LogP contribution < -0.4 is 10.1 Å². The second kappa shape index (κ2) is 7.04. The third-order valence-corrected chi connectivity index (χ3v) is 4.76. The van der Waals surface area contributed by atoms with E-state index in [2.05, 4.69) is 16.4 Å². The number of rotatable bonds is 6. The molecule has 0 saturated carbocycles. The topological polar surface area (TPSA) is 71.2 Å². The predicted molar refractivity (Wildman–Crippen MR) is 99.6 cm³/mol. The van der Waals surface area contributed by atoms with Gasteiger partial charge in [-0.3, -0.25) is 9.59 Å². The Morgan fingerprint density at radius 1 is 1.15 bits per heavy atom. The molecule has 1 amide bonds. The van der Waals surface area contributed by atoms with Gasteiger partial charge in [-0.1, -0.05) is 24.3 Å². The van der Waals surface area contributed by atoms with Crippen molar-refractivity contribution in [2.45, 2.75) is 19.3 Å². The van der Waals surface area contributed by atoms with Crippen molar-refractivity contribution >= 4 is 22.6 Å². The van der Waals surface area contributed by atoms with Crippen molar-refractivity contribution in [3.05, 3.63) is 65.4 Å². The van der Waals surface area contributed by atoms with Crippen molar-refractivity contribution in [1.29, 1.82) is 0 Å². The monoisotopic (exact) mass is 348 g/mol. The van der Waals surface area contributed by atoms with Crippen LogP contribution >= 0.6 is 0 Å². The van der Waals surface area contributed by atoms with Gasteiger partial charge in [0.05, 0.1) is 0 Å². The van der Waals surface area contributed by atoms with Crippen LogP contribution in [0.2, 0.25) is 0 Å². The average Bonchev–Trinajstić information content (AvgIpc) is 3.24. The minimum atomic E-state index is -0.170. The van der Waals surface area contributed by atoms with E-state index in [0.717, 1.165) is 29.5 Å². The second-order valence-electron chi connectivity index (χ2n) is 6.49. The van der Waals surface area contributed by atoms with E-state index < -0.39 is 0 Å². The van der Waals surface area contributed by atoms with Gasteiger partial charge in [-0.2, -0.15) is 0 Å². The smallest absolute Gasteiger partial charge is 0.257 e. The van der Waals surface area contributed by atoms with Crippen molar-refractivity contribution in [2.75, 3.05) is 13.2 Å². The van der Waals surface area contributed by atoms with Crippen LogP contribution in [0.25, 0.3) is 10.9 Å². The molecule has 0 radical (unpaired) electrons. The number of H-pyrrole nitrogens is 1. The molecule has 4 rings (SSSR count). The van der Waals surface area contributed by atoms with Gasteiger partial charge in [-0.05, 0) is 42.2 Å². The van der Waals surface area contributed by atoms with E-state index in [1.54, 1.807) is 6.07 Å². The normalized spacial score (nSPS) is 13.0. The number of ketones is 1. The highest BCUT2D eigenvalue weighted by Gasteiger charge is 2.19. The minimum absolute atomic E-state index is 0.0547. The molecule has 5 nitrogen and oxygen atoms in total. The fourth-order valence-electron chi connectivity index (χ4n) is 3.38. The van der Waals surface area contributed by atoms with E-state index >= 15 is 0 Å². The number of para-hydroxylation sites is 1. The highest BCUT2D eigenvalue weighted by atomic mass is 16.5. The van der Waals surface area contributed by atoms with Crippen LogP contribution in [0.3, 0.4) is 0 Å². The fraction of sp³-hybridized carbons (Fsp3) is 0.238. The number of carbonyl (C=O) groups is 2. The summed E-state index contributed by atoms with van der Waals surface area (Å²) in [6.07, 6.45) is 4.09. The molecule has 2 aromatic carbocycles. The van der Waals surface area contributed by atoms with Gasteiger partial charge in [0.1, 0.15) is 5.75 Å². The molecule has 2 N–H and O–H groups in total. The zero-order valence-corrected chi connectivity index (χ0v) is 14.4. The number of amides is 1. The van der Waals surface area contributed by atoms with Crippen LogP contribution in [-0.4, -0.2) is 29.8 Å². The van der Waals surface area contributed by atoms with E-state index in [9.17, 15) is 9.59 Å². The summed E-state index contributed by atoms with van der Waals surface area (Å²) in [6, 6.07) is 13.6. The molecular weight excluding hydrogens is 328 g/mol. The van der Waals surface area contributed by atoms with Gasteiger partial charge in [0, 0.05) is 35.6 Å². The number of ether oxygens (including phenoxy) is 1. The Kier molecular flexibility index (Phi) is 4.44. The predicted octanol–water partition coefficient (Wildman–Crippen LogP) is 3.03. The number of aryl methyl sites for hydroxylation is 1. The number of aromatic nitrogens is 1. The summed E-state index contributed by atoms with van der Waals surface area (Å²) in [6.45, 7) is 0.494. The van der Waals surface area contributed by atoms with Crippen molar-refractivity contribution in [3.63, 3.8) is 0 Å². The zero-order chi connectivity index (χ0) is 17.9. The van der Waals surface area contributed by atoms with Crippen molar-refractivity contribution in [2.24, 2.45) is 0 Å². The van der Waals surface area contributed by atoms with Crippen LogP contribution in [0.1, 0.15) is 27.9 Å². The van der Waals surface area contributed by atoms with Crippen LogP contribution in [-0.2, 0) is 17.6 Å². The van der Waals surface area contributed by atoms with Crippen LogP contribution in [0.15, 0.2) is 48.7 Å². The molecule has 0 unspecified atom stereocenters. The molecule has 3 aromatic rings. The van der Waals surface area contributed by atoms with E-state index in [4.69, 9.17) is 4.74 Å². The molecule has 0 spiro atoms. The first kappa shape index (κ1) is 16.4. The molecule has 0 atom stereocenters. The van der Waals surface area contributed by atoms with Crippen LogP contribution in [0.4, 0.5) is 0 Å². The molecule has 0 saturated heterocycles. The molecule has 0 fully saturated rings. The number of Topliss-reactive ketones (excluding diaryl/α,β-unsaturated/α-hetero) is 1. The molecule has 5 heteroatoms. The Morgan fingerprint density at radius 3 is 2.96 bits per heavy atom. The number of carbonyl (C=O) groups excluding carboxylic acids is 2. The second-order valence-corrected chi connectivity index (χ2v) is 6.49. The fourth-order valence-corrected chi connectivity index (χ4v) is 3.38. The van der Waals surface area contributed by atoms with Gasteiger partial charge in [-0.25, -0.2) is 0 Å². The lowest BCUT2D eigenvalue weighted by Gasteiger charge is -2.08. The largest absolute Gasteiger partial charge is 0.484 e. The molecule has 0 aliphatic heterocycles. The van der Waals surface area contributed by atoms with Crippen molar-refractivity contribution in [3.8, 4) is 5.75 Å². The maximum Gasteiger partial charge on any atom is 0.257 e. The number of hydrogen-bond acceptors (Lipinski definition) is 3. The highest BCUT2D eigenvalue weighted by Crippen LogP contribution is 2.26. The lowest BCUT2D eigenvalue weighted by atomic mass is 10.1. The summed E-state index contributed by atoms with van der Waals surface area (Å²) in [5, 5.41) is 4.05. The van der Waals surface area contributed by atoms with Gasteiger partial charge < -0.3 is 15.0 Å². The minimum Gasteiger partial charge on any atom is -0.484 e. The number of benzene rings is 2. The van der Waals surface area contributed by atoms with E-state index in [1.807, 2.05) is 36.5 Å². The molecule has 1 aromatic heterocycles. The Bertz CT molecular complexity index is 974. The summed E-state index contributed by atoms with van der Waals surface area (Å²) in [4.78, 5) is 27.0. The maximum atomic E-state index is 12.0. The standard InChI is InChI=1S/C21H20N2O3/c24-20-8-6-14-5-7-16(11-18(14)20)26-13-21(25)22-10-9-15-12-23-19-4-2-1-3-17(15)19/h1-5,7,11-12,23H,6,8-10,13H2,(H,22,25). The lowest BCUT2D eigenvalue weighted by Crippen LogP contribution is -2.30. The van der Waals surface area contributed by atoms with E-state index in [-0.39, 0.29) is 18.3 Å². The molecule has 1 heterocycles. The Labute approximate surface area is 151 Å². The molecule has 132 valence electrons. The molecular formula is C21H20N2O3. The molecule has 1 aliphatic rings. The van der Waals surface area contributed by atoms with Gasteiger partial charge in [0.15, 0.2) is 12.4 Å². The summed E-state index contributed by atoms with van der Waals surface area (Å²) < 4.78 is 5.53. The first-order valence-electron chi connectivity index (χ1n) is 8.81. The SMILES string of the molecule is O=C(COc1ccc2c(c1)C(=O)CC2)NCCc1c[nH]c2ccccc12. The maximum absolute atomic E-state index is 12.0. The number of fused-ring (bicyclic) bond motifs is 2. The Balaban J connectivity index is 1.27. The number of hydrogen-bond donors (Lipinski definition) is 2. The zero-order valence-electron chi connectivity index (χ0n) is 14.4. The first-order chi connectivity index (χ1) is 12.7. The van der Waals surface area contributed by atoms with Crippen LogP contribution in [0, 0.1) is 0 Å². The van der Waals surface area contributed by atoms with Gasteiger partial charge in [-0.15, -0.1) is 0 Å². The molecule has 1 aliphatic carbocycles.